The number of aliphatic imine (C=N–C) groups is 1. The topological polar surface area (TPSA) is 48.7 Å². The maximum absolute atomic E-state index is 8.20. The van der Waals surface area contributed by atoms with Gasteiger partial charge in [-0.15, -0.1) is 11.3 Å². The normalized spacial score (nSPS) is 25.8. The molecule has 0 spiro atoms. The van der Waals surface area contributed by atoms with Gasteiger partial charge in [0, 0.05) is 48.0 Å². The molecular formula is C19H26ClN3OS. The summed E-state index contributed by atoms with van der Waals surface area (Å²) in [7, 11) is 2.14. The highest BCUT2D eigenvalue weighted by Crippen LogP contribution is 2.42. The standard InChI is InChI=1S/C19H26ClN3OS/c1-12-11-19(2,3)23(4)15-10-18(22-17(21)9-14(12)15)24-8-7-13-5-6-16(20)25-13/h5-6,10,12,14,21H,7-9,11H2,1-4H3. The van der Waals surface area contributed by atoms with Crippen molar-refractivity contribution in [3.05, 3.63) is 33.1 Å². The Kier molecular flexibility index (Phi) is 5.26. The number of likely N-dealkylation sites (tertiary alicyclic amines) is 1. The minimum absolute atomic E-state index is 0.104. The Bertz CT molecular complexity index is 722. The van der Waals surface area contributed by atoms with Gasteiger partial charge in [0.1, 0.15) is 5.84 Å². The third-order valence-corrected chi connectivity index (χ3v) is 6.63. The molecule has 3 rings (SSSR count). The first-order valence-electron chi connectivity index (χ1n) is 8.75. The van der Waals surface area contributed by atoms with Gasteiger partial charge in [-0.1, -0.05) is 18.5 Å². The van der Waals surface area contributed by atoms with E-state index in [0.29, 0.717) is 36.6 Å². The van der Waals surface area contributed by atoms with Gasteiger partial charge < -0.3 is 9.64 Å². The molecule has 0 saturated carbocycles. The van der Waals surface area contributed by atoms with Crippen molar-refractivity contribution in [1.29, 1.82) is 5.41 Å². The lowest BCUT2D eigenvalue weighted by Crippen LogP contribution is -2.49. The zero-order valence-corrected chi connectivity index (χ0v) is 16.9. The molecule has 1 saturated heterocycles. The van der Waals surface area contributed by atoms with Gasteiger partial charge in [-0.25, -0.2) is 0 Å². The van der Waals surface area contributed by atoms with E-state index < -0.39 is 0 Å². The molecule has 4 nitrogen and oxygen atoms in total. The predicted molar refractivity (Wildman–Crippen MR) is 106 cm³/mol. The molecule has 1 fully saturated rings. The first-order chi connectivity index (χ1) is 11.8. The quantitative estimate of drug-likeness (QED) is 0.804. The number of ether oxygens (including phenoxy) is 1. The SMILES string of the molecule is CC1CC(C)(C)N(C)C2=CC(OCCc3ccc(Cl)s3)=NC(=N)CC21. The largest absolute Gasteiger partial charge is 0.477 e. The van der Waals surface area contributed by atoms with Crippen molar-refractivity contribution in [2.45, 2.75) is 45.6 Å². The molecule has 0 bridgehead atoms. The third kappa shape index (κ3) is 4.09. The number of thiophene rings is 1. The number of nitrogens with one attached hydrogen (secondary N) is 1. The lowest BCUT2D eigenvalue weighted by atomic mass is 9.74. The molecule has 2 unspecified atom stereocenters. The van der Waals surface area contributed by atoms with E-state index >= 15 is 0 Å². The Hall–Kier alpha value is -1.33. The van der Waals surface area contributed by atoms with Gasteiger partial charge in [0.25, 0.3) is 0 Å². The Labute approximate surface area is 159 Å². The van der Waals surface area contributed by atoms with Gasteiger partial charge in [0.2, 0.25) is 5.90 Å². The van der Waals surface area contributed by atoms with Gasteiger partial charge in [-0.3, -0.25) is 5.41 Å². The van der Waals surface area contributed by atoms with Crippen molar-refractivity contribution in [2.24, 2.45) is 16.8 Å². The van der Waals surface area contributed by atoms with Crippen LogP contribution in [-0.2, 0) is 11.2 Å². The molecule has 2 aliphatic rings. The number of fused-ring (bicyclic) bond motifs is 1. The van der Waals surface area contributed by atoms with Crippen molar-refractivity contribution < 1.29 is 4.74 Å². The van der Waals surface area contributed by atoms with E-state index in [0.717, 1.165) is 17.2 Å². The molecule has 2 aliphatic heterocycles. The van der Waals surface area contributed by atoms with Crippen molar-refractivity contribution in [2.75, 3.05) is 13.7 Å². The van der Waals surface area contributed by atoms with Gasteiger partial charge in [0.15, 0.2) is 0 Å². The fourth-order valence-electron chi connectivity index (χ4n) is 3.83. The van der Waals surface area contributed by atoms with Crippen molar-refractivity contribution in [1.82, 2.24) is 4.90 Å². The van der Waals surface area contributed by atoms with E-state index in [2.05, 4.69) is 37.7 Å². The Morgan fingerprint density at radius 3 is 2.88 bits per heavy atom. The number of piperidine rings is 1. The molecule has 25 heavy (non-hydrogen) atoms. The van der Waals surface area contributed by atoms with Gasteiger partial charge in [-0.05, 0) is 38.3 Å². The van der Waals surface area contributed by atoms with Crippen LogP contribution in [-0.4, -0.2) is 35.8 Å². The lowest BCUT2D eigenvalue weighted by molar-refractivity contribution is 0.0848. The van der Waals surface area contributed by atoms with Crippen LogP contribution in [0.3, 0.4) is 0 Å². The summed E-state index contributed by atoms with van der Waals surface area (Å²) in [5.74, 6) is 1.83. The molecule has 1 aromatic rings. The van der Waals surface area contributed by atoms with Gasteiger partial charge >= 0.3 is 0 Å². The van der Waals surface area contributed by atoms with Crippen LogP contribution in [0.25, 0.3) is 0 Å². The van der Waals surface area contributed by atoms with Crippen LogP contribution in [0.1, 0.15) is 38.5 Å². The number of nitrogens with zero attached hydrogens (tertiary/aromatic N) is 2. The Balaban J connectivity index is 1.75. The van der Waals surface area contributed by atoms with Crippen LogP contribution < -0.4 is 0 Å². The maximum Gasteiger partial charge on any atom is 0.216 e. The van der Waals surface area contributed by atoms with Gasteiger partial charge in [-0.2, -0.15) is 4.99 Å². The smallest absolute Gasteiger partial charge is 0.216 e. The van der Waals surface area contributed by atoms with Crippen molar-refractivity contribution in [3.8, 4) is 0 Å². The van der Waals surface area contributed by atoms with Crippen molar-refractivity contribution >= 4 is 34.7 Å². The molecule has 2 atom stereocenters. The minimum atomic E-state index is 0.104. The number of halogens is 1. The summed E-state index contributed by atoms with van der Waals surface area (Å²) in [5, 5.41) is 8.20. The molecule has 1 aromatic heterocycles. The summed E-state index contributed by atoms with van der Waals surface area (Å²) < 4.78 is 6.72. The third-order valence-electron chi connectivity index (χ3n) is 5.34. The molecule has 0 amide bonds. The van der Waals surface area contributed by atoms with E-state index in [-0.39, 0.29) is 5.54 Å². The average Bonchev–Trinajstić information content (AvgIpc) is 2.84. The second kappa shape index (κ2) is 7.12. The van der Waals surface area contributed by atoms with Crippen LogP contribution in [0.5, 0.6) is 0 Å². The Morgan fingerprint density at radius 2 is 2.20 bits per heavy atom. The van der Waals surface area contributed by atoms with Crippen LogP contribution in [0, 0.1) is 17.2 Å². The highest BCUT2D eigenvalue weighted by molar-refractivity contribution is 7.16. The zero-order chi connectivity index (χ0) is 18.2. The summed E-state index contributed by atoms with van der Waals surface area (Å²) in [6.07, 6.45) is 4.65. The second-order valence-corrected chi connectivity index (χ2v) is 9.43. The molecule has 3 heterocycles. The average molecular weight is 380 g/mol. The first kappa shape index (κ1) is 18.5. The second-order valence-electron chi connectivity index (χ2n) is 7.63. The van der Waals surface area contributed by atoms with E-state index in [1.54, 1.807) is 11.3 Å². The van der Waals surface area contributed by atoms with E-state index in [4.69, 9.17) is 21.7 Å². The maximum atomic E-state index is 8.20. The molecule has 0 radical (unpaired) electrons. The van der Waals surface area contributed by atoms with Crippen LogP contribution in [0.4, 0.5) is 0 Å². The molecule has 0 aliphatic carbocycles. The zero-order valence-electron chi connectivity index (χ0n) is 15.3. The summed E-state index contributed by atoms with van der Waals surface area (Å²) >= 11 is 7.55. The summed E-state index contributed by atoms with van der Waals surface area (Å²) in [5.41, 5.74) is 1.34. The molecule has 0 aromatic carbocycles. The van der Waals surface area contributed by atoms with Gasteiger partial charge in [0.05, 0.1) is 10.9 Å². The highest BCUT2D eigenvalue weighted by atomic mass is 35.5. The number of rotatable bonds is 3. The molecule has 136 valence electrons. The van der Waals surface area contributed by atoms with E-state index in [1.807, 2.05) is 18.2 Å². The van der Waals surface area contributed by atoms with E-state index in [9.17, 15) is 0 Å². The summed E-state index contributed by atoms with van der Waals surface area (Å²) in [4.78, 5) is 7.95. The van der Waals surface area contributed by atoms with Crippen LogP contribution in [0.2, 0.25) is 4.34 Å². The number of allylic oxidation sites excluding steroid dienone is 1. The van der Waals surface area contributed by atoms with Crippen LogP contribution >= 0.6 is 22.9 Å². The van der Waals surface area contributed by atoms with E-state index in [1.165, 1.54) is 10.6 Å². The summed E-state index contributed by atoms with van der Waals surface area (Å²) in [6, 6.07) is 3.94. The molecule has 6 heteroatoms. The predicted octanol–water partition coefficient (Wildman–Crippen LogP) is 4.99. The number of hydrogen-bond acceptors (Lipinski definition) is 4. The first-order valence-corrected chi connectivity index (χ1v) is 9.94. The molecular weight excluding hydrogens is 354 g/mol. The number of hydrogen-bond donors (Lipinski definition) is 1. The van der Waals surface area contributed by atoms with Crippen LogP contribution in [0.15, 0.2) is 28.9 Å². The highest BCUT2D eigenvalue weighted by Gasteiger charge is 2.40. The fraction of sp³-hybridized carbons (Fsp3) is 0.579. The number of amidine groups is 1. The minimum Gasteiger partial charge on any atom is -0.477 e. The summed E-state index contributed by atoms with van der Waals surface area (Å²) in [6.45, 7) is 7.37. The van der Waals surface area contributed by atoms with Crippen molar-refractivity contribution in [3.63, 3.8) is 0 Å². The Morgan fingerprint density at radius 1 is 1.44 bits per heavy atom. The fourth-order valence-corrected chi connectivity index (χ4v) is 4.90. The molecule has 1 N–H and O–H groups in total. The monoisotopic (exact) mass is 379 g/mol. The lowest BCUT2D eigenvalue weighted by Gasteiger charge is -2.49.